The van der Waals surface area contributed by atoms with Crippen LogP contribution in [0, 0.1) is 0 Å². The van der Waals surface area contributed by atoms with Crippen molar-refractivity contribution in [1.82, 2.24) is 15.1 Å². The molecule has 1 aliphatic rings. The van der Waals surface area contributed by atoms with E-state index < -0.39 is 0 Å². The second kappa shape index (κ2) is 9.95. The van der Waals surface area contributed by atoms with Crippen LogP contribution in [-0.2, 0) is 0 Å². The number of carbonyl (C=O) groups excluding carboxylic acids is 1. The van der Waals surface area contributed by atoms with Gasteiger partial charge >= 0.3 is 6.03 Å². The van der Waals surface area contributed by atoms with Gasteiger partial charge < -0.3 is 24.8 Å². The Morgan fingerprint density at radius 3 is 2.24 bits per heavy atom. The molecule has 2 aromatic rings. The summed E-state index contributed by atoms with van der Waals surface area (Å²) in [7, 11) is 0. The lowest BCUT2D eigenvalue weighted by Crippen LogP contribution is -2.50. The third-order valence-electron chi connectivity index (χ3n) is 5.03. The highest BCUT2D eigenvalue weighted by atomic mass is 16.5. The zero-order valence-electron chi connectivity index (χ0n) is 17.5. The molecule has 3 rings (SSSR count). The number of ether oxygens (including phenoxy) is 1. The SMILES string of the molecule is CCOc1ccc(NC(=O)N2CCN(c3ccc(N(CC)CC)nn3)CC2)cc1. The van der Waals surface area contributed by atoms with Gasteiger partial charge in [-0.3, -0.25) is 0 Å². The fraction of sp³-hybridized carbons (Fsp3) is 0.476. The number of carbonyl (C=O) groups is 1. The summed E-state index contributed by atoms with van der Waals surface area (Å²) in [6, 6.07) is 11.4. The van der Waals surface area contributed by atoms with Crippen molar-refractivity contribution < 1.29 is 9.53 Å². The van der Waals surface area contributed by atoms with Gasteiger partial charge in [0.25, 0.3) is 0 Å². The molecular formula is C21H30N6O2. The average molecular weight is 399 g/mol. The first-order valence-corrected chi connectivity index (χ1v) is 10.3. The number of rotatable bonds is 7. The van der Waals surface area contributed by atoms with Crippen molar-refractivity contribution in [3.05, 3.63) is 36.4 Å². The van der Waals surface area contributed by atoms with E-state index in [1.165, 1.54) is 0 Å². The zero-order chi connectivity index (χ0) is 20.6. The van der Waals surface area contributed by atoms with Crippen LogP contribution >= 0.6 is 0 Å². The number of amides is 2. The second-order valence-electron chi connectivity index (χ2n) is 6.78. The summed E-state index contributed by atoms with van der Waals surface area (Å²) in [5.41, 5.74) is 0.763. The van der Waals surface area contributed by atoms with Gasteiger partial charge in [0, 0.05) is 45.0 Å². The maximum atomic E-state index is 12.5. The van der Waals surface area contributed by atoms with Gasteiger partial charge in [0.05, 0.1) is 6.61 Å². The summed E-state index contributed by atoms with van der Waals surface area (Å²) in [6.07, 6.45) is 0. The Kier molecular flexibility index (Phi) is 7.10. The van der Waals surface area contributed by atoms with Gasteiger partial charge in [-0.05, 0) is 57.2 Å². The third-order valence-corrected chi connectivity index (χ3v) is 5.03. The lowest BCUT2D eigenvalue weighted by molar-refractivity contribution is 0.208. The predicted molar refractivity (Wildman–Crippen MR) is 116 cm³/mol. The van der Waals surface area contributed by atoms with Crippen LogP contribution in [0.15, 0.2) is 36.4 Å². The maximum absolute atomic E-state index is 12.5. The van der Waals surface area contributed by atoms with Crippen molar-refractivity contribution in [3.8, 4) is 5.75 Å². The first kappa shape index (κ1) is 20.7. The van der Waals surface area contributed by atoms with E-state index in [1.54, 1.807) is 0 Å². The van der Waals surface area contributed by atoms with E-state index in [-0.39, 0.29) is 6.03 Å². The van der Waals surface area contributed by atoms with Crippen molar-refractivity contribution in [3.63, 3.8) is 0 Å². The van der Waals surface area contributed by atoms with Gasteiger partial charge in [-0.1, -0.05) is 0 Å². The van der Waals surface area contributed by atoms with E-state index in [0.29, 0.717) is 19.7 Å². The molecule has 8 nitrogen and oxygen atoms in total. The number of hydrogen-bond donors (Lipinski definition) is 1. The summed E-state index contributed by atoms with van der Waals surface area (Å²) in [4.78, 5) is 18.7. The Labute approximate surface area is 172 Å². The van der Waals surface area contributed by atoms with Crippen LogP contribution < -0.4 is 19.9 Å². The number of benzene rings is 1. The summed E-state index contributed by atoms with van der Waals surface area (Å²) in [5.74, 6) is 2.55. The molecule has 2 heterocycles. The Hall–Kier alpha value is -3.03. The van der Waals surface area contributed by atoms with Crippen molar-refractivity contribution >= 4 is 23.4 Å². The number of nitrogens with one attached hydrogen (secondary N) is 1. The van der Waals surface area contributed by atoms with E-state index in [4.69, 9.17) is 4.74 Å². The number of urea groups is 1. The van der Waals surface area contributed by atoms with Crippen LogP contribution in [0.3, 0.4) is 0 Å². The van der Waals surface area contributed by atoms with Gasteiger partial charge in [-0.25, -0.2) is 4.79 Å². The molecule has 1 fully saturated rings. The molecule has 0 spiro atoms. The average Bonchev–Trinajstić information content (AvgIpc) is 2.77. The smallest absolute Gasteiger partial charge is 0.321 e. The largest absolute Gasteiger partial charge is 0.494 e. The van der Waals surface area contributed by atoms with Gasteiger partial charge in [0.15, 0.2) is 11.6 Å². The van der Waals surface area contributed by atoms with Crippen LogP contribution in [0.1, 0.15) is 20.8 Å². The molecule has 0 unspecified atom stereocenters. The van der Waals surface area contributed by atoms with Gasteiger partial charge in [0.1, 0.15) is 5.75 Å². The highest BCUT2D eigenvalue weighted by Gasteiger charge is 2.22. The van der Waals surface area contributed by atoms with Gasteiger partial charge in [0.2, 0.25) is 0 Å². The maximum Gasteiger partial charge on any atom is 0.321 e. The monoisotopic (exact) mass is 398 g/mol. The molecule has 1 saturated heterocycles. The zero-order valence-corrected chi connectivity index (χ0v) is 17.5. The fourth-order valence-corrected chi connectivity index (χ4v) is 3.35. The third kappa shape index (κ3) is 5.28. The number of aromatic nitrogens is 2. The van der Waals surface area contributed by atoms with Crippen LogP contribution in [-0.4, -0.2) is 67.0 Å². The predicted octanol–water partition coefficient (Wildman–Crippen LogP) is 3.08. The van der Waals surface area contributed by atoms with Gasteiger partial charge in [-0.15, -0.1) is 10.2 Å². The molecule has 1 aliphatic heterocycles. The summed E-state index contributed by atoms with van der Waals surface area (Å²) >= 11 is 0. The molecule has 0 saturated carbocycles. The molecule has 8 heteroatoms. The molecule has 0 radical (unpaired) electrons. The first-order valence-electron chi connectivity index (χ1n) is 10.3. The molecular weight excluding hydrogens is 368 g/mol. The van der Waals surface area contributed by atoms with Crippen LogP contribution in [0.4, 0.5) is 22.1 Å². The molecule has 1 aromatic carbocycles. The Balaban J connectivity index is 1.51. The topological polar surface area (TPSA) is 73.8 Å². The molecule has 1 N–H and O–H groups in total. The van der Waals surface area contributed by atoms with E-state index >= 15 is 0 Å². The Morgan fingerprint density at radius 2 is 1.69 bits per heavy atom. The minimum atomic E-state index is -0.0863. The lowest BCUT2D eigenvalue weighted by Gasteiger charge is -2.35. The number of hydrogen-bond acceptors (Lipinski definition) is 6. The minimum absolute atomic E-state index is 0.0863. The van der Waals surface area contributed by atoms with E-state index in [9.17, 15) is 4.79 Å². The van der Waals surface area contributed by atoms with E-state index in [0.717, 1.165) is 49.3 Å². The summed E-state index contributed by atoms with van der Waals surface area (Å²) < 4.78 is 5.43. The normalized spacial score (nSPS) is 13.9. The fourth-order valence-electron chi connectivity index (χ4n) is 3.35. The highest BCUT2D eigenvalue weighted by molar-refractivity contribution is 5.89. The first-order chi connectivity index (χ1) is 14.1. The van der Waals surface area contributed by atoms with Crippen LogP contribution in [0.2, 0.25) is 0 Å². The number of anilines is 3. The number of piperazine rings is 1. The molecule has 156 valence electrons. The van der Waals surface area contributed by atoms with Crippen LogP contribution in [0.5, 0.6) is 5.75 Å². The minimum Gasteiger partial charge on any atom is -0.494 e. The van der Waals surface area contributed by atoms with Crippen molar-refractivity contribution in [1.29, 1.82) is 0 Å². The molecule has 0 atom stereocenters. The highest BCUT2D eigenvalue weighted by Crippen LogP contribution is 2.18. The Bertz CT molecular complexity index is 769. The molecule has 1 aromatic heterocycles. The van der Waals surface area contributed by atoms with Gasteiger partial charge in [-0.2, -0.15) is 0 Å². The summed E-state index contributed by atoms with van der Waals surface area (Å²) in [6.45, 7) is 11.3. The van der Waals surface area contributed by atoms with Crippen molar-refractivity contribution in [2.75, 3.05) is 61.0 Å². The molecule has 2 amide bonds. The lowest BCUT2D eigenvalue weighted by atomic mass is 10.3. The number of nitrogens with zero attached hydrogens (tertiary/aromatic N) is 5. The quantitative estimate of drug-likeness (QED) is 0.773. The summed E-state index contributed by atoms with van der Waals surface area (Å²) in [5, 5.41) is 11.7. The second-order valence-corrected chi connectivity index (χ2v) is 6.78. The Morgan fingerprint density at radius 1 is 1.00 bits per heavy atom. The van der Waals surface area contributed by atoms with E-state index in [2.05, 4.69) is 39.2 Å². The molecule has 29 heavy (non-hydrogen) atoms. The van der Waals surface area contributed by atoms with E-state index in [1.807, 2.05) is 48.2 Å². The van der Waals surface area contributed by atoms with Crippen molar-refractivity contribution in [2.24, 2.45) is 0 Å². The van der Waals surface area contributed by atoms with Crippen LogP contribution in [0.25, 0.3) is 0 Å². The molecule has 0 bridgehead atoms. The van der Waals surface area contributed by atoms with Crippen molar-refractivity contribution in [2.45, 2.75) is 20.8 Å². The standard InChI is InChI=1S/C21H30N6O2/c1-4-25(5-2)19-11-12-20(24-23-19)26-13-15-27(16-14-26)21(28)22-17-7-9-18(10-8-17)29-6-3/h7-12H,4-6,13-16H2,1-3H3,(H,22,28). The molecule has 0 aliphatic carbocycles.